The number of likely N-dealkylation sites (tertiary alicyclic amines) is 1. The number of hydrogen-bond donors (Lipinski definition) is 0. The molecule has 0 N–H and O–H groups in total. The Balaban J connectivity index is 1.57. The van der Waals surface area contributed by atoms with Crippen LogP contribution in [-0.2, 0) is 21.6 Å². The Labute approximate surface area is 156 Å². The van der Waals surface area contributed by atoms with E-state index in [0.717, 1.165) is 61.8 Å². The van der Waals surface area contributed by atoms with E-state index in [1.54, 1.807) is 18.3 Å². The lowest BCUT2D eigenvalue weighted by Crippen LogP contribution is -2.47. The zero-order valence-electron chi connectivity index (χ0n) is 14.6. The Morgan fingerprint density at radius 2 is 1.84 bits per heavy atom. The zero-order chi connectivity index (χ0) is 17.4. The predicted molar refractivity (Wildman–Crippen MR) is 100 cm³/mol. The van der Waals surface area contributed by atoms with E-state index < -0.39 is 0 Å². The van der Waals surface area contributed by atoms with Crippen molar-refractivity contribution >= 4 is 34.9 Å². The minimum atomic E-state index is -0.291. The average molecular weight is 381 g/mol. The number of thiophene rings is 1. The van der Waals surface area contributed by atoms with Gasteiger partial charge in [0.05, 0.1) is 11.5 Å². The van der Waals surface area contributed by atoms with E-state index in [2.05, 4.69) is 6.07 Å². The second kappa shape index (κ2) is 6.93. The molecule has 2 fully saturated rings. The van der Waals surface area contributed by atoms with Gasteiger partial charge in [0.25, 0.3) is 5.91 Å². The van der Waals surface area contributed by atoms with Crippen LogP contribution in [0.4, 0.5) is 0 Å². The van der Waals surface area contributed by atoms with Crippen molar-refractivity contribution in [1.82, 2.24) is 9.80 Å². The standard InChI is InChI=1S/C18H24N2O3S2/c1-13(21)19-5-3-18(4-6-19)16-14(2-9-23-18)12-15(25-16)17(22)20-7-10-24-11-8-20/h12H,2-11H2,1H3. The molecule has 0 radical (unpaired) electrons. The molecule has 136 valence electrons. The number of nitrogens with zero attached hydrogens (tertiary/aromatic N) is 2. The van der Waals surface area contributed by atoms with Crippen LogP contribution >= 0.6 is 23.1 Å². The number of hydrogen-bond acceptors (Lipinski definition) is 5. The number of amides is 2. The molecule has 5 nitrogen and oxygen atoms in total. The van der Waals surface area contributed by atoms with Crippen LogP contribution in [0.25, 0.3) is 0 Å². The first-order chi connectivity index (χ1) is 12.1. The van der Waals surface area contributed by atoms with Crippen LogP contribution in [0.2, 0.25) is 0 Å². The molecule has 1 aromatic heterocycles. The van der Waals surface area contributed by atoms with Crippen LogP contribution in [0.5, 0.6) is 0 Å². The molecule has 4 heterocycles. The van der Waals surface area contributed by atoms with Gasteiger partial charge in [-0.15, -0.1) is 11.3 Å². The molecular weight excluding hydrogens is 356 g/mol. The normalized spacial score (nSPS) is 22.8. The van der Waals surface area contributed by atoms with Crippen molar-refractivity contribution < 1.29 is 14.3 Å². The molecule has 0 saturated carbocycles. The summed E-state index contributed by atoms with van der Waals surface area (Å²) in [6, 6.07) is 2.10. The van der Waals surface area contributed by atoms with Crippen molar-refractivity contribution in [2.75, 3.05) is 44.3 Å². The van der Waals surface area contributed by atoms with Crippen LogP contribution in [0.15, 0.2) is 6.07 Å². The zero-order valence-corrected chi connectivity index (χ0v) is 16.2. The summed E-state index contributed by atoms with van der Waals surface area (Å²) in [7, 11) is 0. The van der Waals surface area contributed by atoms with Gasteiger partial charge in [-0.05, 0) is 30.9 Å². The van der Waals surface area contributed by atoms with Crippen LogP contribution in [0, 0.1) is 0 Å². The highest BCUT2D eigenvalue weighted by Crippen LogP contribution is 2.45. The van der Waals surface area contributed by atoms with Gasteiger partial charge in [-0.2, -0.15) is 11.8 Å². The minimum absolute atomic E-state index is 0.135. The van der Waals surface area contributed by atoms with Gasteiger partial charge in [0.2, 0.25) is 5.91 Å². The summed E-state index contributed by atoms with van der Waals surface area (Å²) < 4.78 is 6.24. The van der Waals surface area contributed by atoms with E-state index >= 15 is 0 Å². The first-order valence-corrected chi connectivity index (χ1v) is 11.0. The Hall–Kier alpha value is -1.05. The second-order valence-electron chi connectivity index (χ2n) is 6.97. The highest BCUT2D eigenvalue weighted by molar-refractivity contribution is 7.99. The molecule has 3 aliphatic heterocycles. The van der Waals surface area contributed by atoms with Crippen molar-refractivity contribution in [2.24, 2.45) is 0 Å². The fraction of sp³-hybridized carbons (Fsp3) is 0.667. The number of carbonyl (C=O) groups excluding carboxylic acids is 2. The molecule has 4 rings (SSSR count). The van der Waals surface area contributed by atoms with Gasteiger partial charge in [-0.25, -0.2) is 0 Å². The minimum Gasteiger partial charge on any atom is -0.369 e. The average Bonchev–Trinajstić information content (AvgIpc) is 3.08. The third kappa shape index (κ3) is 3.22. The monoisotopic (exact) mass is 380 g/mol. The van der Waals surface area contributed by atoms with Crippen LogP contribution in [-0.4, -0.2) is 65.9 Å². The van der Waals surface area contributed by atoms with E-state index in [4.69, 9.17) is 4.74 Å². The topological polar surface area (TPSA) is 49.9 Å². The van der Waals surface area contributed by atoms with Crippen molar-refractivity contribution in [3.8, 4) is 0 Å². The van der Waals surface area contributed by atoms with Gasteiger partial charge in [0.15, 0.2) is 0 Å². The summed E-state index contributed by atoms with van der Waals surface area (Å²) in [5.41, 5.74) is 0.989. The van der Waals surface area contributed by atoms with Crippen LogP contribution < -0.4 is 0 Å². The highest BCUT2D eigenvalue weighted by Gasteiger charge is 2.43. The summed E-state index contributed by atoms with van der Waals surface area (Å²) in [5, 5.41) is 0. The van der Waals surface area contributed by atoms with Crippen molar-refractivity contribution in [2.45, 2.75) is 31.8 Å². The van der Waals surface area contributed by atoms with E-state index in [0.29, 0.717) is 6.61 Å². The maximum absolute atomic E-state index is 12.9. The summed E-state index contributed by atoms with van der Waals surface area (Å²) >= 11 is 3.54. The van der Waals surface area contributed by atoms with Crippen molar-refractivity contribution in [3.63, 3.8) is 0 Å². The summed E-state index contributed by atoms with van der Waals surface area (Å²) in [6.07, 6.45) is 2.54. The van der Waals surface area contributed by atoms with Gasteiger partial charge in [0, 0.05) is 49.5 Å². The molecule has 1 aromatic rings. The number of fused-ring (bicyclic) bond motifs is 2. The van der Waals surface area contributed by atoms with Crippen molar-refractivity contribution in [1.29, 1.82) is 0 Å². The Kier molecular flexibility index (Phi) is 4.81. The fourth-order valence-electron chi connectivity index (χ4n) is 4.00. The third-order valence-corrected chi connectivity index (χ3v) is 7.79. The maximum atomic E-state index is 12.9. The Morgan fingerprint density at radius 3 is 2.52 bits per heavy atom. The first-order valence-electron chi connectivity index (χ1n) is 8.99. The van der Waals surface area contributed by atoms with E-state index in [-0.39, 0.29) is 17.4 Å². The lowest BCUT2D eigenvalue weighted by Gasteiger charge is -2.43. The fourth-order valence-corrected chi connectivity index (χ4v) is 6.29. The lowest BCUT2D eigenvalue weighted by atomic mass is 9.85. The summed E-state index contributed by atoms with van der Waals surface area (Å²) in [6.45, 7) is 5.50. The molecule has 0 unspecified atom stereocenters. The predicted octanol–water partition coefficient (Wildman–Crippen LogP) is 2.35. The van der Waals surface area contributed by atoms with E-state index in [1.807, 2.05) is 21.6 Å². The smallest absolute Gasteiger partial charge is 0.263 e. The van der Waals surface area contributed by atoms with E-state index in [1.165, 1.54) is 10.4 Å². The molecule has 0 aliphatic carbocycles. The molecule has 1 spiro atoms. The molecule has 7 heteroatoms. The second-order valence-corrected chi connectivity index (χ2v) is 9.25. The molecule has 2 saturated heterocycles. The summed E-state index contributed by atoms with van der Waals surface area (Å²) in [4.78, 5) is 30.5. The molecule has 2 amide bonds. The molecule has 25 heavy (non-hydrogen) atoms. The lowest BCUT2D eigenvalue weighted by molar-refractivity contribution is -0.138. The Morgan fingerprint density at radius 1 is 1.12 bits per heavy atom. The largest absolute Gasteiger partial charge is 0.369 e. The number of rotatable bonds is 1. The molecule has 3 aliphatic rings. The molecule has 0 atom stereocenters. The SMILES string of the molecule is CC(=O)N1CCC2(CC1)OCCc1cc(C(=O)N3CCSCC3)sc12. The number of piperidine rings is 1. The van der Waals surface area contributed by atoms with Gasteiger partial charge < -0.3 is 14.5 Å². The maximum Gasteiger partial charge on any atom is 0.263 e. The first kappa shape index (κ1) is 17.4. The number of carbonyl (C=O) groups is 2. The molecule has 0 aromatic carbocycles. The van der Waals surface area contributed by atoms with E-state index in [9.17, 15) is 9.59 Å². The van der Waals surface area contributed by atoms with Gasteiger partial charge in [0.1, 0.15) is 5.60 Å². The third-order valence-electron chi connectivity index (χ3n) is 5.50. The highest BCUT2D eigenvalue weighted by atomic mass is 32.2. The Bertz CT molecular complexity index is 674. The summed E-state index contributed by atoms with van der Waals surface area (Å²) in [5.74, 6) is 2.38. The molecule has 0 bridgehead atoms. The van der Waals surface area contributed by atoms with Crippen LogP contribution in [0.1, 0.15) is 39.9 Å². The molecular formula is C18H24N2O3S2. The van der Waals surface area contributed by atoms with Gasteiger partial charge >= 0.3 is 0 Å². The van der Waals surface area contributed by atoms with Gasteiger partial charge in [-0.3, -0.25) is 9.59 Å². The van der Waals surface area contributed by atoms with Crippen LogP contribution in [0.3, 0.4) is 0 Å². The van der Waals surface area contributed by atoms with Gasteiger partial charge in [-0.1, -0.05) is 0 Å². The number of thioether (sulfide) groups is 1. The quantitative estimate of drug-likeness (QED) is 0.750. The number of ether oxygens (including phenoxy) is 1. The van der Waals surface area contributed by atoms with Crippen molar-refractivity contribution in [3.05, 3.63) is 21.4 Å².